The molecule has 0 atom stereocenters. The van der Waals surface area contributed by atoms with Crippen molar-refractivity contribution in [2.75, 3.05) is 6.26 Å². The van der Waals surface area contributed by atoms with Gasteiger partial charge in [-0.25, -0.2) is 8.42 Å². The van der Waals surface area contributed by atoms with Crippen LogP contribution in [0.1, 0.15) is 19.9 Å². The average Bonchev–Trinajstić information content (AvgIpc) is 2.70. The van der Waals surface area contributed by atoms with Crippen molar-refractivity contribution in [1.82, 2.24) is 14.8 Å². The Bertz CT molecular complexity index is 740. The maximum atomic E-state index is 11.4. The van der Waals surface area contributed by atoms with Gasteiger partial charge >= 0.3 is 0 Å². The highest BCUT2D eigenvalue weighted by Gasteiger charge is 2.13. The Balaban J connectivity index is 2.52. The Kier molecular flexibility index (Phi) is 3.60. The zero-order valence-electron chi connectivity index (χ0n) is 10.9. The minimum atomic E-state index is -3.18. The molecule has 1 aromatic carbocycles. The van der Waals surface area contributed by atoms with Crippen molar-refractivity contribution in [3.05, 3.63) is 29.0 Å². The van der Waals surface area contributed by atoms with E-state index in [9.17, 15) is 8.42 Å². The maximum Gasteiger partial charge on any atom is 0.195 e. The molecule has 1 N–H and O–H groups in total. The molecule has 0 saturated heterocycles. The molecule has 0 saturated carbocycles. The lowest BCUT2D eigenvalue weighted by atomic mass is 10.2. The Morgan fingerprint density at radius 3 is 2.32 bits per heavy atom. The third-order valence-corrected chi connectivity index (χ3v) is 4.18. The topological polar surface area (TPSA) is 67.8 Å². The first-order valence-electron chi connectivity index (χ1n) is 5.78. The van der Waals surface area contributed by atoms with Crippen molar-refractivity contribution >= 4 is 22.1 Å². The van der Waals surface area contributed by atoms with E-state index in [0.717, 1.165) is 5.56 Å². The predicted octanol–water partition coefficient (Wildman–Crippen LogP) is 2.59. The molecule has 19 heavy (non-hydrogen) atoms. The normalized spacial score (nSPS) is 12.0. The zero-order chi connectivity index (χ0) is 14.2. The summed E-state index contributed by atoms with van der Waals surface area (Å²) in [7, 11) is -3.18. The summed E-state index contributed by atoms with van der Waals surface area (Å²) in [6, 6.07) is 6.80. The molecule has 0 amide bonds. The maximum absolute atomic E-state index is 11.4. The number of H-pyrrole nitrogens is 1. The SMILES string of the molecule is CC(C)n1c(-c2ccc(S(C)(=O)=O)cc2)n[nH]c1=S. The van der Waals surface area contributed by atoms with E-state index < -0.39 is 9.84 Å². The van der Waals surface area contributed by atoms with Crippen LogP contribution in [-0.2, 0) is 9.84 Å². The minimum absolute atomic E-state index is 0.177. The lowest BCUT2D eigenvalue weighted by Crippen LogP contribution is -2.03. The molecule has 2 rings (SSSR count). The smallest absolute Gasteiger partial charge is 0.195 e. The number of sulfone groups is 1. The highest BCUT2D eigenvalue weighted by Crippen LogP contribution is 2.22. The quantitative estimate of drug-likeness (QED) is 0.884. The van der Waals surface area contributed by atoms with E-state index >= 15 is 0 Å². The largest absolute Gasteiger partial charge is 0.298 e. The number of nitrogens with zero attached hydrogens (tertiary/aromatic N) is 2. The van der Waals surface area contributed by atoms with Gasteiger partial charge < -0.3 is 0 Å². The standard InChI is InChI=1S/C12H15N3O2S2/c1-8(2)15-11(13-14-12(15)18)9-4-6-10(7-5-9)19(3,16)17/h4-8H,1-3H3,(H,14,18). The van der Waals surface area contributed by atoms with Gasteiger partial charge in [-0.15, -0.1) is 0 Å². The Labute approximate surface area is 117 Å². The van der Waals surface area contributed by atoms with E-state index in [1.807, 2.05) is 18.4 Å². The molecule has 0 aliphatic heterocycles. The predicted molar refractivity (Wildman–Crippen MR) is 76.3 cm³/mol. The fraction of sp³-hybridized carbons (Fsp3) is 0.333. The second-order valence-corrected chi connectivity index (χ2v) is 7.02. The van der Waals surface area contributed by atoms with Gasteiger partial charge in [0.05, 0.1) is 4.90 Å². The Hall–Kier alpha value is -1.47. The fourth-order valence-electron chi connectivity index (χ4n) is 1.84. The van der Waals surface area contributed by atoms with Crippen LogP contribution in [0, 0.1) is 4.77 Å². The van der Waals surface area contributed by atoms with Crippen molar-refractivity contribution < 1.29 is 8.42 Å². The number of hydrogen-bond donors (Lipinski definition) is 1. The second kappa shape index (κ2) is 4.90. The van der Waals surface area contributed by atoms with Crippen LogP contribution < -0.4 is 0 Å². The van der Waals surface area contributed by atoms with Gasteiger partial charge in [-0.2, -0.15) is 5.10 Å². The number of rotatable bonds is 3. The molecule has 0 spiro atoms. The van der Waals surface area contributed by atoms with Crippen LogP contribution in [0.5, 0.6) is 0 Å². The monoisotopic (exact) mass is 297 g/mol. The van der Waals surface area contributed by atoms with E-state index in [2.05, 4.69) is 10.2 Å². The number of hydrogen-bond acceptors (Lipinski definition) is 4. The van der Waals surface area contributed by atoms with Crippen molar-refractivity contribution in [2.45, 2.75) is 24.8 Å². The second-order valence-electron chi connectivity index (χ2n) is 4.61. The third-order valence-electron chi connectivity index (χ3n) is 2.76. The first-order valence-corrected chi connectivity index (χ1v) is 8.08. The number of aromatic nitrogens is 3. The van der Waals surface area contributed by atoms with Gasteiger partial charge in [0.25, 0.3) is 0 Å². The zero-order valence-corrected chi connectivity index (χ0v) is 12.5. The van der Waals surface area contributed by atoms with Gasteiger partial charge in [0.1, 0.15) is 0 Å². The Morgan fingerprint density at radius 2 is 1.84 bits per heavy atom. The van der Waals surface area contributed by atoms with Crippen LogP contribution in [0.25, 0.3) is 11.4 Å². The van der Waals surface area contributed by atoms with Crippen molar-refractivity contribution in [3.63, 3.8) is 0 Å². The highest BCUT2D eigenvalue weighted by atomic mass is 32.2. The molecule has 1 aromatic heterocycles. The summed E-state index contributed by atoms with van der Waals surface area (Å²) in [5.74, 6) is 0.708. The summed E-state index contributed by atoms with van der Waals surface area (Å²) >= 11 is 5.18. The molecular weight excluding hydrogens is 282 g/mol. The molecule has 0 unspecified atom stereocenters. The molecule has 0 aliphatic rings. The van der Waals surface area contributed by atoms with Crippen LogP contribution in [0.4, 0.5) is 0 Å². The van der Waals surface area contributed by atoms with E-state index in [4.69, 9.17) is 12.2 Å². The van der Waals surface area contributed by atoms with Crippen molar-refractivity contribution in [1.29, 1.82) is 0 Å². The van der Waals surface area contributed by atoms with Crippen LogP contribution in [-0.4, -0.2) is 29.4 Å². The molecular formula is C12H15N3O2S2. The molecule has 7 heteroatoms. The molecule has 102 valence electrons. The lowest BCUT2D eigenvalue weighted by molar-refractivity contribution is 0.596. The molecule has 2 aromatic rings. The molecule has 0 aliphatic carbocycles. The summed E-state index contributed by atoms with van der Waals surface area (Å²) in [4.78, 5) is 0.293. The molecule has 0 bridgehead atoms. The Morgan fingerprint density at radius 1 is 1.26 bits per heavy atom. The number of aromatic amines is 1. The summed E-state index contributed by atoms with van der Waals surface area (Å²) in [5, 5.41) is 6.95. The van der Waals surface area contributed by atoms with Gasteiger partial charge in [-0.1, -0.05) is 0 Å². The fourth-order valence-corrected chi connectivity index (χ4v) is 2.81. The average molecular weight is 297 g/mol. The van der Waals surface area contributed by atoms with Gasteiger partial charge in [-0.3, -0.25) is 9.67 Å². The van der Waals surface area contributed by atoms with Crippen LogP contribution in [0.15, 0.2) is 29.2 Å². The van der Waals surface area contributed by atoms with Crippen molar-refractivity contribution in [2.24, 2.45) is 0 Å². The lowest BCUT2D eigenvalue weighted by Gasteiger charge is -2.10. The first-order chi connectivity index (χ1) is 8.80. The van der Waals surface area contributed by atoms with Gasteiger partial charge in [-0.05, 0) is 50.3 Å². The molecule has 0 fully saturated rings. The molecule has 5 nitrogen and oxygen atoms in total. The molecule has 0 radical (unpaired) electrons. The van der Waals surface area contributed by atoms with Crippen LogP contribution in [0.2, 0.25) is 0 Å². The first kappa shape index (κ1) is 14.0. The number of nitrogens with one attached hydrogen (secondary N) is 1. The van der Waals surface area contributed by atoms with Crippen molar-refractivity contribution in [3.8, 4) is 11.4 Å². The highest BCUT2D eigenvalue weighted by molar-refractivity contribution is 7.90. The van der Waals surface area contributed by atoms with E-state index in [1.54, 1.807) is 24.3 Å². The van der Waals surface area contributed by atoms with Crippen LogP contribution in [0.3, 0.4) is 0 Å². The summed E-state index contributed by atoms with van der Waals surface area (Å²) < 4.78 is 25.3. The van der Waals surface area contributed by atoms with Gasteiger partial charge in [0.2, 0.25) is 0 Å². The van der Waals surface area contributed by atoms with E-state index in [1.165, 1.54) is 6.26 Å². The van der Waals surface area contributed by atoms with Crippen LogP contribution >= 0.6 is 12.2 Å². The van der Waals surface area contributed by atoms with Gasteiger partial charge in [0.15, 0.2) is 20.4 Å². The number of benzene rings is 1. The summed E-state index contributed by atoms with van der Waals surface area (Å²) in [5.41, 5.74) is 0.827. The third kappa shape index (κ3) is 2.76. The summed E-state index contributed by atoms with van der Waals surface area (Å²) in [6.45, 7) is 4.03. The van der Waals surface area contributed by atoms with Gasteiger partial charge in [0, 0.05) is 17.9 Å². The molecule has 1 heterocycles. The van der Waals surface area contributed by atoms with E-state index in [-0.39, 0.29) is 6.04 Å². The summed E-state index contributed by atoms with van der Waals surface area (Å²) in [6.07, 6.45) is 1.19. The minimum Gasteiger partial charge on any atom is -0.298 e. The van der Waals surface area contributed by atoms with E-state index in [0.29, 0.717) is 15.5 Å².